The molecule has 2 aliphatic rings. The summed E-state index contributed by atoms with van der Waals surface area (Å²) in [6.45, 7) is 5.95. The first-order valence-electron chi connectivity index (χ1n) is 11.2. The van der Waals surface area contributed by atoms with E-state index in [0.29, 0.717) is 5.56 Å². The lowest BCUT2D eigenvalue weighted by Gasteiger charge is -2.38. The lowest BCUT2D eigenvalue weighted by atomic mass is 10.0. The zero-order valence-electron chi connectivity index (χ0n) is 18.8. The first kappa shape index (κ1) is 20.6. The van der Waals surface area contributed by atoms with Gasteiger partial charge in [-0.1, -0.05) is 12.1 Å². The highest BCUT2D eigenvalue weighted by Crippen LogP contribution is 2.39. The maximum absolute atomic E-state index is 13.7. The van der Waals surface area contributed by atoms with Crippen LogP contribution >= 0.6 is 0 Å². The number of methoxy groups -OCH3 is 1. The van der Waals surface area contributed by atoms with E-state index in [1.807, 2.05) is 53.4 Å². The van der Waals surface area contributed by atoms with E-state index in [9.17, 15) is 4.79 Å². The number of nitrogens with zero attached hydrogens (tertiary/aromatic N) is 2. The second-order valence-corrected chi connectivity index (χ2v) is 8.54. The number of amides is 1. The van der Waals surface area contributed by atoms with E-state index < -0.39 is 0 Å². The molecule has 3 aromatic rings. The van der Waals surface area contributed by atoms with Gasteiger partial charge in [0.15, 0.2) is 0 Å². The largest absolute Gasteiger partial charge is 0.497 e. The Bertz CT molecular complexity index is 1130. The van der Waals surface area contributed by atoms with Gasteiger partial charge in [-0.05, 0) is 69.2 Å². The maximum atomic E-state index is 13.7. The van der Waals surface area contributed by atoms with Crippen LogP contribution in [-0.4, -0.2) is 30.3 Å². The van der Waals surface area contributed by atoms with E-state index in [1.54, 1.807) is 7.11 Å². The fourth-order valence-corrected chi connectivity index (χ4v) is 4.86. The predicted octanol–water partition coefficient (Wildman–Crippen LogP) is 5.06. The molecule has 1 fully saturated rings. The maximum Gasteiger partial charge on any atom is 0.262 e. The number of aromatic nitrogens is 1. The van der Waals surface area contributed by atoms with Crippen molar-refractivity contribution in [1.29, 1.82) is 0 Å². The molecule has 6 heteroatoms. The van der Waals surface area contributed by atoms with Crippen molar-refractivity contribution in [2.24, 2.45) is 0 Å². The quantitative estimate of drug-likeness (QED) is 0.613. The van der Waals surface area contributed by atoms with Crippen molar-refractivity contribution in [2.75, 3.05) is 23.9 Å². The van der Waals surface area contributed by atoms with E-state index in [-0.39, 0.29) is 18.2 Å². The van der Waals surface area contributed by atoms with Crippen LogP contribution in [0, 0.1) is 13.8 Å². The number of carbonyl (C=O) groups excluding carboxylic acids is 1. The van der Waals surface area contributed by atoms with Crippen molar-refractivity contribution >= 4 is 17.3 Å². The minimum absolute atomic E-state index is 0.0153. The molecule has 1 aromatic heterocycles. The summed E-state index contributed by atoms with van der Waals surface area (Å²) in [7, 11) is 1.64. The Balaban J connectivity index is 1.57. The van der Waals surface area contributed by atoms with Crippen molar-refractivity contribution in [3.05, 3.63) is 77.1 Å². The summed E-state index contributed by atoms with van der Waals surface area (Å²) in [5.74, 6) is 0.747. The van der Waals surface area contributed by atoms with Gasteiger partial charge in [0.25, 0.3) is 5.91 Å². The molecule has 1 N–H and O–H groups in total. The Kier molecular flexibility index (Phi) is 5.39. The zero-order valence-corrected chi connectivity index (χ0v) is 18.8. The van der Waals surface area contributed by atoms with Crippen LogP contribution in [0.15, 0.2) is 54.6 Å². The Morgan fingerprint density at radius 3 is 2.62 bits per heavy atom. The van der Waals surface area contributed by atoms with Crippen LogP contribution in [0.25, 0.3) is 0 Å². The molecule has 0 aliphatic carbocycles. The Labute approximate surface area is 188 Å². The van der Waals surface area contributed by atoms with Crippen molar-refractivity contribution < 1.29 is 14.3 Å². The van der Waals surface area contributed by atoms with Gasteiger partial charge in [0.1, 0.15) is 11.9 Å². The van der Waals surface area contributed by atoms with E-state index >= 15 is 0 Å². The van der Waals surface area contributed by atoms with Crippen molar-refractivity contribution in [3.63, 3.8) is 0 Å². The van der Waals surface area contributed by atoms with Gasteiger partial charge in [0, 0.05) is 41.5 Å². The minimum Gasteiger partial charge on any atom is -0.497 e. The fraction of sp³-hybridized carbons (Fsp3) is 0.346. The predicted molar refractivity (Wildman–Crippen MR) is 125 cm³/mol. The van der Waals surface area contributed by atoms with Crippen LogP contribution in [0.2, 0.25) is 0 Å². The average Bonchev–Trinajstić information content (AvgIpc) is 3.43. The monoisotopic (exact) mass is 431 g/mol. The number of hydrogen-bond acceptors (Lipinski definition) is 4. The highest BCUT2D eigenvalue weighted by atomic mass is 16.5. The number of carbonyl (C=O) groups is 1. The topological polar surface area (TPSA) is 55.7 Å². The van der Waals surface area contributed by atoms with Gasteiger partial charge in [-0.25, -0.2) is 0 Å². The van der Waals surface area contributed by atoms with Crippen molar-refractivity contribution in [3.8, 4) is 5.75 Å². The molecule has 166 valence electrons. The number of rotatable bonds is 5. The third kappa shape index (κ3) is 3.54. The molecule has 5 rings (SSSR count). The fourth-order valence-electron chi connectivity index (χ4n) is 4.86. The number of benzene rings is 2. The average molecular weight is 432 g/mol. The van der Waals surface area contributed by atoms with E-state index in [2.05, 4.69) is 29.8 Å². The molecule has 2 aliphatic heterocycles. The first-order chi connectivity index (χ1) is 15.6. The summed E-state index contributed by atoms with van der Waals surface area (Å²) in [6, 6.07) is 17.5. The second kappa shape index (κ2) is 8.36. The lowest BCUT2D eigenvalue weighted by molar-refractivity contribution is 0.0958. The highest BCUT2D eigenvalue weighted by Gasteiger charge is 2.36. The molecule has 1 amide bonds. The Morgan fingerprint density at radius 2 is 1.91 bits per heavy atom. The van der Waals surface area contributed by atoms with Crippen LogP contribution in [0.4, 0.5) is 11.4 Å². The molecule has 3 heterocycles. The molecule has 2 aromatic carbocycles. The number of hydrogen-bond donors (Lipinski definition) is 1. The second-order valence-electron chi connectivity index (χ2n) is 8.54. The molecule has 6 nitrogen and oxygen atoms in total. The molecule has 0 saturated carbocycles. The molecule has 2 unspecified atom stereocenters. The lowest BCUT2D eigenvalue weighted by Crippen LogP contribution is -2.43. The minimum atomic E-state index is -0.310. The van der Waals surface area contributed by atoms with Gasteiger partial charge in [-0.3, -0.25) is 9.69 Å². The molecule has 0 radical (unpaired) electrons. The van der Waals surface area contributed by atoms with E-state index in [4.69, 9.17) is 9.47 Å². The number of aryl methyl sites for hydroxylation is 1. The smallest absolute Gasteiger partial charge is 0.262 e. The standard InChI is InChI=1S/C26H29N3O3/c1-17-15-23(18(2)28(17)16-21-7-6-14-32-21)25-27-24-9-5-4-8-22(24)26(30)29(25)19-10-12-20(31-3)13-11-19/h4-5,8-13,15,21,25,27H,6-7,14,16H2,1-3H3. The molecule has 0 spiro atoms. The van der Waals surface area contributed by atoms with Gasteiger partial charge >= 0.3 is 0 Å². The molecular formula is C26H29N3O3. The van der Waals surface area contributed by atoms with Gasteiger partial charge in [0.05, 0.1) is 18.8 Å². The van der Waals surface area contributed by atoms with Gasteiger partial charge in [-0.2, -0.15) is 0 Å². The summed E-state index contributed by atoms with van der Waals surface area (Å²) >= 11 is 0. The third-order valence-corrected chi connectivity index (χ3v) is 6.59. The van der Waals surface area contributed by atoms with Crippen LogP contribution in [0.5, 0.6) is 5.75 Å². The molecule has 32 heavy (non-hydrogen) atoms. The number of fused-ring (bicyclic) bond motifs is 1. The molecule has 1 saturated heterocycles. The third-order valence-electron chi connectivity index (χ3n) is 6.59. The van der Waals surface area contributed by atoms with E-state index in [1.165, 1.54) is 5.69 Å². The van der Waals surface area contributed by atoms with Gasteiger partial charge < -0.3 is 19.4 Å². The number of para-hydroxylation sites is 1. The zero-order chi connectivity index (χ0) is 22.2. The summed E-state index contributed by atoms with van der Waals surface area (Å²) in [5.41, 5.74) is 5.78. The summed E-state index contributed by atoms with van der Waals surface area (Å²) < 4.78 is 13.5. The Hall–Kier alpha value is -3.25. The first-order valence-corrected chi connectivity index (χ1v) is 11.2. The summed E-state index contributed by atoms with van der Waals surface area (Å²) in [6.07, 6.45) is 2.16. The Morgan fingerprint density at radius 1 is 1.12 bits per heavy atom. The van der Waals surface area contributed by atoms with Crippen LogP contribution < -0.4 is 15.0 Å². The van der Waals surface area contributed by atoms with Crippen LogP contribution in [0.3, 0.4) is 0 Å². The number of ether oxygens (including phenoxy) is 2. The number of anilines is 2. The molecule has 0 bridgehead atoms. The highest BCUT2D eigenvalue weighted by molar-refractivity contribution is 6.12. The summed E-state index contributed by atoms with van der Waals surface area (Å²) in [4.78, 5) is 15.5. The van der Waals surface area contributed by atoms with Gasteiger partial charge in [-0.15, -0.1) is 0 Å². The van der Waals surface area contributed by atoms with Crippen molar-refractivity contribution in [2.45, 2.75) is 45.5 Å². The van der Waals surface area contributed by atoms with E-state index in [0.717, 1.165) is 54.4 Å². The number of nitrogens with one attached hydrogen (secondary N) is 1. The summed E-state index contributed by atoms with van der Waals surface area (Å²) in [5, 5.41) is 3.63. The molecular weight excluding hydrogens is 402 g/mol. The van der Waals surface area contributed by atoms with Crippen molar-refractivity contribution in [1.82, 2.24) is 4.57 Å². The van der Waals surface area contributed by atoms with Gasteiger partial charge in [0.2, 0.25) is 0 Å². The normalized spacial score (nSPS) is 20.2. The van der Waals surface area contributed by atoms with Crippen LogP contribution in [0.1, 0.15) is 46.3 Å². The van der Waals surface area contributed by atoms with Crippen LogP contribution in [-0.2, 0) is 11.3 Å². The molecule has 2 atom stereocenters. The SMILES string of the molecule is COc1ccc(N2C(=O)c3ccccc3NC2c2cc(C)n(CC3CCCO3)c2C)cc1.